The van der Waals surface area contributed by atoms with Gasteiger partial charge in [0.2, 0.25) is 0 Å². The summed E-state index contributed by atoms with van der Waals surface area (Å²) >= 11 is 1.64. The zero-order valence-electron chi connectivity index (χ0n) is 10.7. The fourth-order valence-electron chi connectivity index (χ4n) is 1.79. The topological polar surface area (TPSA) is 41.0 Å². The Kier molecular flexibility index (Phi) is 4.23. The molecule has 1 aliphatic carbocycles. The maximum atomic E-state index is 4.23. The van der Waals surface area contributed by atoms with E-state index in [1.54, 1.807) is 18.1 Å². The summed E-state index contributed by atoms with van der Waals surface area (Å²) < 4.78 is 0. The number of thioether (sulfide) groups is 1. The molecular formula is C12H20N4S. The van der Waals surface area contributed by atoms with E-state index in [9.17, 15) is 0 Å². The van der Waals surface area contributed by atoms with Crippen molar-refractivity contribution in [3.05, 3.63) is 12.4 Å². The van der Waals surface area contributed by atoms with Crippen LogP contribution in [0.5, 0.6) is 0 Å². The first-order valence-electron chi connectivity index (χ1n) is 6.02. The molecule has 1 atom stereocenters. The molecule has 0 radical (unpaired) electrons. The second-order valence-electron chi connectivity index (χ2n) is 4.57. The maximum Gasteiger partial charge on any atom is 0.130 e. The molecular weight excluding hydrogens is 232 g/mol. The molecule has 1 aromatic heterocycles. The standard InChI is InChI=1S/C12H20N4S/c1-9(16(2)10-4-5-10)7-13-11-6-12(17-3)15-8-14-11/h6,8-10H,4-5,7H2,1-3H3,(H,13,14,15). The van der Waals surface area contributed by atoms with Crippen LogP contribution in [-0.2, 0) is 0 Å². The summed E-state index contributed by atoms with van der Waals surface area (Å²) in [6.07, 6.45) is 6.34. The van der Waals surface area contributed by atoms with Gasteiger partial charge in [0.05, 0.1) is 0 Å². The van der Waals surface area contributed by atoms with Gasteiger partial charge in [0.15, 0.2) is 0 Å². The zero-order chi connectivity index (χ0) is 12.3. The van der Waals surface area contributed by atoms with E-state index in [0.29, 0.717) is 6.04 Å². The van der Waals surface area contributed by atoms with Gasteiger partial charge in [-0.2, -0.15) is 0 Å². The molecule has 0 spiro atoms. The number of anilines is 1. The van der Waals surface area contributed by atoms with Crippen molar-refractivity contribution < 1.29 is 0 Å². The number of likely N-dealkylation sites (N-methyl/N-ethyl adjacent to an activating group) is 1. The highest BCUT2D eigenvalue weighted by molar-refractivity contribution is 7.98. The van der Waals surface area contributed by atoms with Gasteiger partial charge in [-0.1, -0.05) is 0 Å². The van der Waals surface area contributed by atoms with E-state index < -0.39 is 0 Å². The van der Waals surface area contributed by atoms with Crippen LogP contribution in [0.15, 0.2) is 17.4 Å². The molecule has 94 valence electrons. The molecule has 0 aromatic carbocycles. The predicted octanol–water partition coefficient (Wildman–Crippen LogP) is 2.09. The molecule has 2 rings (SSSR count). The molecule has 1 heterocycles. The lowest BCUT2D eigenvalue weighted by atomic mass is 10.3. The van der Waals surface area contributed by atoms with Crippen molar-refractivity contribution in [2.24, 2.45) is 0 Å². The highest BCUT2D eigenvalue weighted by atomic mass is 32.2. The van der Waals surface area contributed by atoms with Crippen molar-refractivity contribution in [1.82, 2.24) is 14.9 Å². The van der Waals surface area contributed by atoms with Crippen LogP contribution in [-0.4, -0.2) is 46.8 Å². The maximum absolute atomic E-state index is 4.23. The molecule has 0 aliphatic heterocycles. The molecule has 0 saturated heterocycles. The second-order valence-corrected chi connectivity index (χ2v) is 5.40. The van der Waals surface area contributed by atoms with Crippen molar-refractivity contribution in [2.45, 2.75) is 36.9 Å². The molecule has 0 bridgehead atoms. The summed E-state index contributed by atoms with van der Waals surface area (Å²) in [6, 6.07) is 3.34. The molecule has 1 aromatic rings. The lowest BCUT2D eigenvalue weighted by molar-refractivity contribution is 0.257. The smallest absolute Gasteiger partial charge is 0.130 e. The molecule has 5 heteroatoms. The first-order valence-corrected chi connectivity index (χ1v) is 7.25. The molecule has 1 fully saturated rings. The Balaban J connectivity index is 1.83. The minimum atomic E-state index is 0.537. The van der Waals surface area contributed by atoms with Crippen molar-refractivity contribution in [1.29, 1.82) is 0 Å². The highest BCUT2D eigenvalue weighted by Crippen LogP contribution is 2.26. The molecule has 0 amide bonds. The monoisotopic (exact) mass is 252 g/mol. The molecule has 17 heavy (non-hydrogen) atoms. The number of hydrogen-bond acceptors (Lipinski definition) is 5. The molecule has 1 unspecified atom stereocenters. The zero-order valence-corrected chi connectivity index (χ0v) is 11.5. The molecule has 1 N–H and O–H groups in total. The van der Waals surface area contributed by atoms with E-state index in [1.165, 1.54) is 12.8 Å². The van der Waals surface area contributed by atoms with Gasteiger partial charge in [-0.25, -0.2) is 9.97 Å². The van der Waals surface area contributed by atoms with Crippen LogP contribution in [0, 0.1) is 0 Å². The Labute approximate surface area is 107 Å². The number of nitrogens with zero attached hydrogens (tertiary/aromatic N) is 3. The number of rotatable bonds is 6. The molecule has 1 aliphatic rings. The Morgan fingerprint density at radius 2 is 2.29 bits per heavy atom. The number of aromatic nitrogens is 2. The van der Waals surface area contributed by atoms with E-state index in [2.05, 4.69) is 34.2 Å². The third-order valence-corrected chi connectivity index (χ3v) is 3.89. The van der Waals surface area contributed by atoms with Gasteiger partial charge in [-0.15, -0.1) is 11.8 Å². The summed E-state index contributed by atoms with van der Waals surface area (Å²) in [5.74, 6) is 0.917. The first-order chi connectivity index (χ1) is 8.20. The normalized spacial score (nSPS) is 17.2. The van der Waals surface area contributed by atoms with Gasteiger partial charge >= 0.3 is 0 Å². The summed E-state index contributed by atoms with van der Waals surface area (Å²) in [5, 5.41) is 4.38. The van der Waals surface area contributed by atoms with Crippen LogP contribution in [0.3, 0.4) is 0 Å². The van der Waals surface area contributed by atoms with Gasteiger partial charge in [0.1, 0.15) is 17.2 Å². The Bertz CT molecular complexity index is 367. The third kappa shape index (κ3) is 3.57. The van der Waals surface area contributed by atoms with Crippen LogP contribution in [0.25, 0.3) is 0 Å². The van der Waals surface area contributed by atoms with E-state index in [0.717, 1.165) is 23.4 Å². The SMILES string of the molecule is CSc1cc(NCC(C)N(C)C2CC2)ncn1. The minimum Gasteiger partial charge on any atom is -0.368 e. The quantitative estimate of drug-likeness (QED) is 0.620. The summed E-state index contributed by atoms with van der Waals surface area (Å²) in [6.45, 7) is 3.18. The van der Waals surface area contributed by atoms with Crippen molar-refractivity contribution >= 4 is 17.6 Å². The van der Waals surface area contributed by atoms with Crippen LogP contribution in [0.4, 0.5) is 5.82 Å². The second kappa shape index (κ2) is 5.69. The van der Waals surface area contributed by atoms with Gasteiger partial charge < -0.3 is 5.32 Å². The average molecular weight is 252 g/mol. The largest absolute Gasteiger partial charge is 0.368 e. The van der Waals surface area contributed by atoms with Crippen molar-refractivity contribution in [2.75, 3.05) is 25.2 Å². The van der Waals surface area contributed by atoms with Crippen molar-refractivity contribution in [3.8, 4) is 0 Å². The summed E-state index contributed by atoms with van der Waals surface area (Å²) in [7, 11) is 2.21. The average Bonchev–Trinajstić information content (AvgIpc) is 3.19. The minimum absolute atomic E-state index is 0.537. The lowest BCUT2D eigenvalue weighted by Gasteiger charge is -2.24. The lowest BCUT2D eigenvalue weighted by Crippen LogP contribution is -2.36. The molecule has 4 nitrogen and oxygen atoms in total. The Hall–Kier alpha value is -0.810. The fraction of sp³-hybridized carbons (Fsp3) is 0.667. The number of nitrogens with one attached hydrogen (secondary N) is 1. The van der Waals surface area contributed by atoms with Crippen LogP contribution < -0.4 is 5.32 Å². The van der Waals surface area contributed by atoms with Crippen LogP contribution >= 0.6 is 11.8 Å². The molecule has 1 saturated carbocycles. The van der Waals surface area contributed by atoms with Crippen LogP contribution in [0.1, 0.15) is 19.8 Å². The summed E-state index contributed by atoms with van der Waals surface area (Å²) in [5.41, 5.74) is 0. The Morgan fingerprint density at radius 3 is 2.94 bits per heavy atom. The van der Waals surface area contributed by atoms with E-state index >= 15 is 0 Å². The first kappa shape index (κ1) is 12.6. The fourth-order valence-corrected chi connectivity index (χ4v) is 2.17. The van der Waals surface area contributed by atoms with E-state index in [1.807, 2.05) is 12.3 Å². The number of hydrogen-bond donors (Lipinski definition) is 1. The van der Waals surface area contributed by atoms with Gasteiger partial charge in [-0.05, 0) is 33.1 Å². The van der Waals surface area contributed by atoms with Crippen LogP contribution in [0.2, 0.25) is 0 Å². The van der Waals surface area contributed by atoms with Crippen molar-refractivity contribution in [3.63, 3.8) is 0 Å². The highest BCUT2D eigenvalue weighted by Gasteiger charge is 2.28. The van der Waals surface area contributed by atoms with E-state index in [-0.39, 0.29) is 0 Å². The van der Waals surface area contributed by atoms with Gasteiger partial charge in [0.25, 0.3) is 0 Å². The predicted molar refractivity (Wildman–Crippen MR) is 72.5 cm³/mol. The van der Waals surface area contributed by atoms with Gasteiger partial charge in [-0.3, -0.25) is 4.90 Å². The van der Waals surface area contributed by atoms with E-state index in [4.69, 9.17) is 0 Å². The third-order valence-electron chi connectivity index (χ3n) is 3.25. The Morgan fingerprint density at radius 1 is 1.53 bits per heavy atom. The van der Waals surface area contributed by atoms with Gasteiger partial charge in [0, 0.05) is 24.7 Å². The summed E-state index contributed by atoms with van der Waals surface area (Å²) in [4.78, 5) is 10.8.